The molecule has 53 heavy (non-hydrogen) atoms. The molecule has 1 N–H and O–H groups in total. The van der Waals surface area contributed by atoms with Crippen LogP contribution in [0.2, 0.25) is 0 Å². The van der Waals surface area contributed by atoms with Crippen LogP contribution in [0.15, 0.2) is 71.1 Å². The monoisotopic (exact) mass is 739 g/mol. The number of rotatable bonds is 12. The second-order valence-electron chi connectivity index (χ2n) is 15.4. The standard InChI is InChI=1S/C43H53N3O6S/c1-29-15-11-12-18-38(29)53(49,50)45(5)24-14-8-13-23-44-41(47)33-25-32-26-34(51-6)20-22-35(32)40-39(30-16-9-7-10-17-30)36-21-19-31(27-37(36)46(40)28-33)42(48)52-43(2,3)4/h11-12,15,18-22,25-27,30H,7-10,13-14,16-17,23-24,28H2,1-6H3,(H,44,47). The maximum atomic E-state index is 14.0. The first kappa shape index (κ1) is 38.3. The molecule has 0 saturated heterocycles. The first-order valence-corrected chi connectivity index (χ1v) is 20.3. The van der Waals surface area contributed by atoms with Gasteiger partial charge in [-0.3, -0.25) is 4.79 Å². The summed E-state index contributed by atoms with van der Waals surface area (Å²) in [5, 5.41) is 4.25. The molecule has 1 fully saturated rings. The summed E-state index contributed by atoms with van der Waals surface area (Å²) in [6.45, 7) is 8.59. The van der Waals surface area contributed by atoms with Gasteiger partial charge in [0, 0.05) is 42.2 Å². The van der Waals surface area contributed by atoms with E-state index in [1.165, 1.54) is 29.1 Å². The number of nitrogens with zero attached hydrogens (tertiary/aromatic N) is 2. The number of hydrogen-bond acceptors (Lipinski definition) is 6. The average Bonchev–Trinajstić information content (AvgIpc) is 3.34. The van der Waals surface area contributed by atoms with Crippen LogP contribution in [-0.4, -0.2) is 62.0 Å². The van der Waals surface area contributed by atoms with Gasteiger partial charge in [0.15, 0.2) is 0 Å². The second kappa shape index (κ2) is 15.9. The number of carbonyl (C=O) groups excluding carboxylic acids is 2. The van der Waals surface area contributed by atoms with Gasteiger partial charge in [-0.2, -0.15) is 0 Å². The molecule has 0 spiro atoms. The van der Waals surface area contributed by atoms with Crippen molar-refractivity contribution in [1.29, 1.82) is 0 Å². The largest absolute Gasteiger partial charge is 0.497 e. The molecule has 2 aliphatic rings. The van der Waals surface area contributed by atoms with Crippen LogP contribution in [0.25, 0.3) is 28.2 Å². The summed E-state index contributed by atoms with van der Waals surface area (Å²) in [5.74, 6) is 0.548. The lowest BCUT2D eigenvalue weighted by Gasteiger charge is -2.24. The molecule has 1 amide bonds. The van der Waals surface area contributed by atoms with E-state index in [0.717, 1.165) is 52.5 Å². The molecule has 282 valence electrons. The molecule has 0 unspecified atom stereocenters. The van der Waals surface area contributed by atoms with Gasteiger partial charge in [-0.25, -0.2) is 17.5 Å². The number of unbranched alkanes of at least 4 members (excludes halogenated alkanes) is 2. The Balaban J connectivity index is 1.25. The Morgan fingerprint density at radius 2 is 1.72 bits per heavy atom. The molecule has 0 atom stereocenters. The van der Waals surface area contributed by atoms with Gasteiger partial charge < -0.3 is 19.4 Å². The Bertz CT molecular complexity index is 2140. The summed E-state index contributed by atoms with van der Waals surface area (Å²) in [5.41, 5.74) is 6.43. The average molecular weight is 740 g/mol. The van der Waals surface area contributed by atoms with Crippen molar-refractivity contribution >= 4 is 38.9 Å². The maximum Gasteiger partial charge on any atom is 0.338 e. The van der Waals surface area contributed by atoms with Gasteiger partial charge in [0.2, 0.25) is 15.9 Å². The lowest BCUT2D eigenvalue weighted by molar-refractivity contribution is -0.117. The topological polar surface area (TPSA) is 107 Å². The van der Waals surface area contributed by atoms with E-state index in [1.54, 1.807) is 39.3 Å². The Morgan fingerprint density at radius 3 is 2.43 bits per heavy atom. The number of ether oxygens (including phenoxy) is 2. The summed E-state index contributed by atoms with van der Waals surface area (Å²) in [6.07, 6.45) is 9.90. The van der Waals surface area contributed by atoms with Gasteiger partial charge in [-0.05, 0) is 118 Å². The molecule has 3 aromatic carbocycles. The van der Waals surface area contributed by atoms with E-state index >= 15 is 0 Å². The number of aromatic nitrogens is 1. The number of methoxy groups -OCH3 is 1. The molecular formula is C43H53N3O6S. The zero-order chi connectivity index (χ0) is 37.9. The van der Waals surface area contributed by atoms with Crippen LogP contribution >= 0.6 is 0 Å². The fourth-order valence-electron chi connectivity index (χ4n) is 7.73. The summed E-state index contributed by atoms with van der Waals surface area (Å²) < 4.78 is 41.2. The van der Waals surface area contributed by atoms with E-state index in [0.29, 0.717) is 60.2 Å². The van der Waals surface area contributed by atoms with Crippen molar-refractivity contribution in [2.75, 3.05) is 27.2 Å². The number of esters is 1. The number of nitrogens with one attached hydrogen (secondary N) is 1. The Kier molecular flexibility index (Phi) is 11.5. The fraction of sp³-hybridized carbons (Fsp3) is 0.442. The highest BCUT2D eigenvalue weighted by Crippen LogP contribution is 2.47. The number of carbonyl (C=O) groups is 2. The number of aryl methyl sites for hydroxylation is 1. The molecule has 9 nitrogen and oxygen atoms in total. The molecule has 1 saturated carbocycles. The maximum absolute atomic E-state index is 14.0. The van der Waals surface area contributed by atoms with Crippen molar-refractivity contribution < 1.29 is 27.5 Å². The smallest absolute Gasteiger partial charge is 0.338 e. The number of fused-ring (bicyclic) bond motifs is 5. The number of hydrogen-bond donors (Lipinski definition) is 1. The number of amides is 1. The predicted molar refractivity (Wildman–Crippen MR) is 211 cm³/mol. The van der Waals surface area contributed by atoms with Crippen LogP contribution in [0.1, 0.15) is 105 Å². The van der Waals surface area contributed by atoms with E-state index in [1.807, 2.05) is 57.2 Å². The third kappa shape index (κ3) is 8.39. The third-order valence-electron chi connectivity index (χ3n) is 10.4. The van der Waals surface area contributed by atoms with Crippen molar-refractivity contribution in [2.45, 2.75) is 102 Å². The molecular weight excluding hydrogens is 687 g/mol. The number of benzene rings is 3. The minimum absolute atomic E-state index is 0.157. The number of sulfonamides is 1. The van der Waals surface area contributed by atoms with Crippen LogP contribution in [-0.2, 0) is 26.1 Å². The van der Waals surface area contributed by atoms with Crippen molar-refractivity contribution in [3.8, 4) is 17.0 Å². The quantitative estimate of drug-likeness (QED) is 0.115. The summed E-state index contributed by atoms with van der Waals surface area (Å²) in [6, 6.07) is 18.9. The van der Waals surface area contributed by atoms with Gasteiger partial charge in [0.1, 0.15) is 11.4 Å². The zero-order valence-electron chi connectivity index (χ0n) is 32.0. The lowest BCUT2D eigenvalue weighted by atomic mass is 9.81. The Labute approximate surface area is 314 Å². The van der Waals surface area contributed by atoms with Crippen LogP contribution in [0, 0.1) is 6.92 Å². The van der Waals surface area contributed by atoms with Gasteiger partial charge in [-0.1, -0.05) is 49.9 Å². The van der Waals surface area contributed by atoms with Crippen LogP contribution in [0.4, 0.5) is 0 Å². The first-order valence-electron chi connectivity index (χ1n) is 18.9. The summed E-state index contributed by atoms with van der Waals surface area (Å²) in [7, 11) is -0.303. The van der Waals surface area contributed by atoms with Crippen molar-refractivity contribution in [2.24, 2.45) is 0 Å². The van der Waals surface area contributed by atoms with E-state index in [2.05, 4.69) is 22.0 Å². The van der Waals surface area contributed by atoms with Gasteiger partial charge in [0.25, 0.3) is 0 Å². The molecule has 1 aliphatic heterocycles. The van der Waals surface area contributed by atoms with E-state index in [-0.39, 0.29) is 11.9 Å². The molecule has 0 radical (unpaired) electrons. The molecule has 4 aromatic rings. The highest BCUT2D eigenvalue weighted by atomic mass is 32.2. The predicted octanol–water partition coefficient (Wildman–Crippen LogP) is 8.63. The highest BCUT2D eigenvalue weighted by Gasteiger charge is 2.31. The first-order chi connectivity index (χ1) is 25.3. The van der Waals surface area contributed by atoms with Gasteiger partial charge >= 0.3 is 5.97 Å². The molecule has 1 aliphatic carbocycles. The molecule has 2 heterocycles. The van der Waals surface area contributed by atoms with E-state index < -0.39 is 15.6 Å². The van der Waals surface area contributed by atoms with Crippen molar-refractivity contribution in [1.82, 2.24) is 14.2 Å². The minimum atomic E-state index is -3.57. The Morgan fingerprint density at radius 1 is 0.962 bits per heavy atom. The SMILES string of the molecule is COc1ccc2c(c1)C=C(C(=O)NCCCCCN(C)S(=O)(=O)c1ccccc1C)Cn1c-2c(C2CCCCC2)c2ccc(C(=O)OC(C)(C)C)cc21. The van der Waals surface area contributed by atoms with Gasteiger partial charge in [-0.15, -0.1) is 0 Å². The Hall–Kier alpha value is -4.41. The third-order valence-corrected chi connectivity index (χ3v) is 12.4. The van der Waals surface area contributed by atoms with Gasteiger partial charge in [0.05, 0.1) is 29.8 Å². The van der Waals surface area contributed by atoms with Crippen LogP contribution in [0.3, 0.4) is 0 Å². The normalized spacial score (nSPS) is 15.0. The summed E-state index contributed by atoms with van der Waals surface area (Å²) in [4.78, 5) is 27.6. The van der Waals surface area contributed by atoms with Crippen LogP contribution in [0.5, 0.6) is 5.75 Å². The second-order valence-corrected chi connectivity index (χ2v) is 17.5. The van der Waals surface area contributed by atoms with Crippen molar-refractivity contribution in [3.05, 3.63) is 88.5 Å². The molecule has 1 aromatic heterocycles. The fourth-order valence-corrected chi connectivity index (χ4v) is 9.16. The van der Waals surface area contributed by atoms with Crippen LogP contribution < -0.4 is 10.1 Å². The molecule has 6 rings (SSSR count). The van der Waals surface area contributed by atoms with Crippen molar-refractivity contribution in [3.63, 3.8) is 0 Å². The zero-order valence-corrected chi connectivity index (χ0v) is 32.8. The van der Waals surface area contributed by atoms with E-state index in [4.69, 9.17) is 9.47 Å². The highest BCUT2D eigenvalue weighted by molar-refractivity contribution is 7.89. The van der Waals surface area contributed by atoms with E-state index in [9.17, 15) is 18.0 Å². The molecule has 10 heteroatoms. The lowest BCUT2D eigenvalue weighted by Crippen LogP contribution is -2.29. The summed E-state index contributed by atoms with van der Waals surface area (Å²) >= 11 is 0. The minimum Gasteiger partial charge on any atom is -0.497 e. The molecule has 0 bridgehead atoms.